The third-order valence-electron chi connectivity index (χ3n) is 2.89. The molecule has 7 heteroatoms. The Hall–Kier alpha value is -2.57. The number of rotatable bonds is 6. The number of amides is 1. The van der Waals surface area contributed by atoms with Crippen molar-refractivity contribution >= 4 is 11.9 Å². The Morgan fingerprint density at radius 2 is 2.35 bits per heavy atom. The zero-order valence-corrected chi connectivity index (χ0v) is 10.9. The fourth-order valence-electron chi connectivity index (χ4n) is 1.87. The first kappa shape index (κ1) is 13.9. The number of aromatic amines is 1. The number of imidazole rings is 1. The molecular weight excluding hydrogens is 262 g/mol. The number of aliphatic carboxylic acids is 1. The summed E-state index contributed by atoms with van der Waals surface area (Å²) in [4.78, 5) is 29.9. The van der Waals surface area contributed by atoms with Crippen molar-refractivity contribution in [2.45, 2.75) is 25.8 Å². The molecule has 0 aromatic carbocycles. The largest absolute Gasteiger partial charge is 0.480 e. The number of carbonyl (C=O) groups is 2. The summed E-state index contributed by atoms with van der Waals surface area (Å²) in [5.41, 5.74) is 1.00. The lowest BCUT2D eigenvalue weighted by Gasteiger charge is -2.13. The molecule has 0 radical (unpaired) electrons. The number of hydrogen-bond donors (Lipinski definition) is 3. The zero-order chi connectivity index (χ0) is 14.5. The Morgan fingerprint density at radius 1 is 1.55 bits per heavy atom. The fraction of sp³-hybridized carbons (Fsp3) is 0.308. The average Bonchev–Trinajstić information content (AvgIpc) is 3.08. The molecule has 0 saturated carbocycles. The van der Waals surface area contributed by atoms with Crippen LogP contribution in [0.25, 0.3) is 0 Å². The van der Waals surface area contributed by atoms with Crippen LogP contribution in [0.15, 0.2) is 29.3 Å². The quantitative estimate of drug-likeness (QED) is 0.729. The van der Waals surface area contributed by atoms with Gasteiger partial charge in [0.1, 0.15) is 11.8 Å². The third kappa shape index (κ3) is 3.05. The molecule has 0 aliphatic rings. The maximum Gasteiger partial charge on any atom is 0.326 e. The minimum Gasteiger partial charge on any atom is -0.480 e. The first-order valence-corrected chi connectivity index (χ1v) is 6.19. The molecule has 1 amide bonds. The number of carboxylic acid groups (broad SMARTS) is 1. The Labute approximate surface area is 115 Å². The van der Waals surface area contributed by atoms with E-state index in [2.05, 4.69) is 15.3 Å². The lowest BCUT2D eigenvalue weighted by Crippen LogP contribution is -2.42. The Kier molecular flexibility index (Phi) is 4.19. The minimum absolute atomic E-state index is 0.139. The van der Waals surface area contributed by atoms with E-state index in [1.54, 1.807) is 0 Å². The van der Waals surface area contributed by atoms with Gasteiger partial charge < -0.3 is 19.8 Å². The molecule has 2 aromatic rings. The van der Waals surface area contributed by atoms with Crippen molar-refractivity contribution in [3.05, 3.63) is 41.9 Å². The van der Waals surface area contributed by atoms with Gasteiger partial charge in [-0.1, -0.05) is 6.92 Å². The average molecular weight is 277 g/mol. The summed E-state index contributed by atoms with van der Waals surface area (Å²) in [5.74, 6) is -1.02. The molecule has 2 heterocycles. The van der Waals surface area contributed by atoms with Gasteiger partial charge >= 0.3 is 5.97 Å². The van der Waals surface area contributed by atoms with E-state index in [0.717, 1.165) is 0 Å². The second-order valence-electron chi connectivity index (χ2n) is 4.26. The Morgan fingerprint density at radius 3 is 2.95 bits per heavy atom. The third-order valence-corrected chi connectivity index (χ3v) is 2.89. The van der Waals surface area contributed by atoms with E-state index in [9.17, 15) is 14.7 Å². The van der Waals surface area contributed by atoms with Gasteiger partial charge in [-0.25, -0.2) is 9.78 Å². The van der Waals surface area contributed by atoms with Crippen LogP contribution in [0.3, 0.4) is 0 Å². The summed E-state index contributed by atoms with van der Waals surface area (Å²) in [5, 5.41) is 11.7. The normalized spacial score (nSPS) is 12.1. The van der Waals surface area contributed by atoms with Crippen LogP contribution in [0.1, 0.15) is 28.7 Å². The molecule has 3 N–H and O–H groups in total. The van der Waals surface area contributed by atoms with E-state index in [1.807, 2.05) is 6.92 Å². The van der Waals surface area contributed by atoms with Gasteiger partial charge in [0.25, 0.3) is 5.91 Å². The predicted octanol–water partition coefficient (Wildman–Crippen LogP) is 0.991. The highest BCUT2D eigenvalue weighted by Gasteiger charge is 2.23. The second-order valence-corrected chi connectivity index (χ2v) is 4.26. The van der Waals surface area contributed by atoms with Gasteiger partial charge in [0.05, 0.1) is 18.2 Å². The summed E-state index contributed by atoms with van der Waals surface area (Å²) in [6.07, 6.45) is 5.10. The van der Waals surface area contributed by atoms with E-state index in [-0.39, 0.29) is 6.42 Å². The van der Waals surface area contributed by atoms with Gasteiger partial charge in [0.15, 0.2) is 0 Å². The number of aryl methyl sites for hydroxylation is 1. The fourth-order valence-corrected chi connectivity index (χ4v) is 1.87. The summed E-state index contributed by atoms with van der Waals surface area (Å²) < 4.78 is 5.16. The second kappa shape index (κ2) is 6.05. The highest BCUT2D eigenvalue weighted by molar-refractivity contribution is 5.97. The molecule has 2 rings (SSSR count). The van der Waals surface area contributed by atoms with Gasteiger partial charge in [-0.3, -0.25) is 4.79 Å². The minimum atomic E-state index is -1.10. The summed E-state index contributed by atoms with van der Waals surface area (Å²) in [7, 11) is 0. The molecule has 20 heavy (non-hydrogen) atoms. The molecule has 2 aromatic heterocycles. The maximum absolute atomic E-state index is 12.1. The predicted molar refractivity (Wildman–Crippen MR) is 69.3 cm³/mol. The summed E-state index contributed by atoms with van der Waals surface area (Å²) in [6.45, 7) is 1.86. The Balaban J connectivity index is 2.08. The zero-order valence-electron chi connectivity index (χ0n) is 10.9. The molecule has 0 bridgehead atoms. The first-order chi connectivity index (χ1) is 9.61. The standard InChI is InChI=1S/C13H15N3O4/c1-2-11-9(3-4-20-11)12(17)16-10(13(18)19)5-8-6-14-7-15-8/h3-4,6-7,10H,2,5H2,1H3,(H,14,15)(H,16,17)(H,18,19)/t10-/m1/s1. The van der Waals surface area contributed by atoms with Gasteiger partial charge in [0, 0.05) is 24.7 Å². The van der Waals surface area contributed by atoms with Gasteiger partial charge in [-0.05, 0) is 6.07 Å². The van der Waals surface area contributed by atoms with Crippen molar-refractivity contribution in [2.75, 3.05) is 0 Å². The van der Waals surface area contributed by atoms with Crippen LogP contribution < -0.4 is 5.32 Å². The van der Waals surface area contributed by atoms with Gasteiger partial charge in [0.2, 0.25) is 0 Å². The van der Waals surface area contributed by atoms with Crippen molar-refractivity contribution in [1.29, 1.82) is 0 Å². The van der Waals surface area contributed by atoms with Crippen molar-refractivity contribution in [2.24, 2.45) is 0 Å². The topological polar surface area (TPSA) is 108 Å². The number of nitrogens with one attached hydrogen (secondary N) is 2. The number of H-pyrrole nitrogens is 1. The molecule has 0 spiro atoms. The smallest absolute Gasteiger partial charge is 0.326 e. The molecule has 0 aliphatic carbocycles. The van der Waals surface area contributed by atoms with Crippen molar-refractivity contribution in [1.82, 2.24) is 15.3 Å². The molecule has 0 unspecified atom stereocenters. The van der Waals surface area contributed by atoms with Crippen molar-refractivity contribution < 1.29 is 19.1 Å². The van der Waals surface area contributed by atoms with Crippen LogP contribution in [0, 0.1) is 0 Å². The molecule has 0 fully saturated rings. The SMILES string of the molecule is CCc1occc1C(=O)N[C@H](Cc1cnc[nH]1)C(=O)O. The lowest BCUT2D eigenvalue weighted by atomic mass is 10.1. The van der Waals surface area contributed by atoms with E-state index in [4.69, 9.17) is 4.42 Å². The molecular formula is C13H15N3O4. The van der Waals surface area contributed by atoms with E-state index < -0.39 is 17.9 Å². The monoisotopic (exact) mass is 277 g/mol. The van der Waals surface area contributed by atoms with Crippen LogP contribution in [-0.2, 0) is 17.6 Å². The molecule has 1 atom stereocenters. The van der Waals surface area contributed by atoms with Gasteiger partial charge in [-0.15, -0.1) is 0 Å². The van der Waals surface area contributed by atoms with Crippen molar-refractivity contribution in [3.8, 4) is 0 Å². The molecule has 0 aliphatic heterocycles. The number of carboxylic acids is 1. The Bertz CT molecular complexity index is 589. The highest BCUT2D eigenvalue weighted by Crippen LogP contribution is 2.11. The van der Waals surface area contributed by atoms with Crippen LogP contribution >= 0.6 is 0 Å². The highest BCUT2D eigenvalue weighted by atomic mass is 16.4. The van der Waals surface area contributed by atoms with E-state index in [0.29, 0.717) is 23.4 Å². The molecule has 7 nitrogen and oxygen atoms in total. The number of furan rings is 1. The van der Waals surface area contributed by atoms with Gasteiger partial charge in [-0.2, -0.15) is 0 Å². The van der Waals surface area contributed by atoms with Crippen LogP contribution in [0.5, 0.6) is 0 Å². The molecule has 0 saturated heterocycles. The number of carbonyl (C=O) groups excluding carboxylic acids is 1. The van der Waals surface area contributed by atoms with Crippen LogP contribution in [0.2, 0.25) is 0 Å². The summed E-state index contributed by atoms with van der Waals surface area (Å²) >= 11 is 0. The lowest BCUT2D eigenvalue weighted by molar-refractivity contribution is -0.139. The van der Waals surface area contributed by atoms with Crippen LogP contribution in [-0.4, -0.2) is 33.0 Å². The van der Waals surface area contributed by atoms with E-state index in [1.165, 1.54) is 24.9 Å². The van der Waals surface area contributed by atoms with E-state index >= 15 is 0 Å². The van der Waals surface area contributed by atoms with Crippen LogP contribution in [0.4, 0.5) is 0 Å². The first-order valence-electron chi connectivity index (χ1n) is 6.19. The summed E-state index contributed by atoms with van der Waals surface area (Å²) in [6, 6.07) is 0.506. The maximum atomic E-state index is 12.1. The van der Waals surface area contributed by atoms with Crippen molar-refractivity contribution in [3.63, 3.8) is 0 Å². The number of nitrogens with zero attached hydrogens (tertiary/aromatic N) is 1. The molecule has 106 valence electrons. The number of hydrogen-bond acceptors (Lipinski definition) is 4. The number of aromatic nitrogens is 2.